The van der Waals surface area contributed by atoms with Gasteiger partial charge in [0.2, 0.25) is 0 Å². The largest absolute Gasteiger partial charge is 0.378 e. The Labute approximate surface area is 136 Å². The number of rotatable bonds is 4. The van der Waals surface area contributed by atoms with Crippen LogP contribution in [0.2, 0.25) is 0 Å². The lowest BCUT2D eigenvalue weighted by atomic mass is 10.2. The van der Waals surface area contributed by atoms with Crippen LogP contribution in [0.15, 0.2) is 24.0 Å². The maximum Gasteiger partial charge on any atom is 0.0311 e. The summed E-state index contributed by atoms with van der Waals surface area (Å²) >= 11 is 0. The fourth-order valence-corrected chi connectivity index (χ4v) is 1.64. The molecule has 0 amide bonds. The van der Waals surface area contributed by atoms with Gasteiger partial charge in [0.05, 0.1) is 0 Å². The molecular formula is C18H43N3. The summed E-state index contributed by atoms with van der Waals surface area (Å²) in [6.45, 7) is 21.7. The van der Waals surface area contributed by atoms with Crippen molar-refractivity contribution < 1.29 is 0 Å². The van der Waals surface area contributed by atoms with Gasteiger partial charge in [0.1, 0.15) is 0 Å². The quantitative estimate of drug-likeness (QED) is 0.766. The molecule has 1 saturated heterocycles. The van der Waals surface area contributed by atoms with Gasteiger partial charge in [-0.15, -0.1) is 0 Å². The van der Waals surface area contributed by atoms with Crippen molar-refractivity contribution >= 4 is 0 Å². The molecule has 0 bridgehead atoms. The highest BCUT2D eigenvalue weighted by atomic mass is 15.2. The number of nitrogens with one attached hydrogen (secondary N) is 1. The highest BCUT2D eigenvalue weighted by molar-refractivity contribution is 5.18. The van der Waals surface area contributed by atoms with Crippen molar-refractivity contribution in [3.63, 3.8) is 0 Å². The van der Waals surface area contributed by atoms with Crippen LogP contribution < -0.4 is 5.32 Å². The van der Waals surface area contributed by atoms with Crippen LogP contribution in [0.3, 0.4) is 0 Å². The molecule has 0 spiro atoms. The van der Waals surface area contributed by atoms with E-state index in [4.69, 9.17) is 0 Å². The number of nitrogens with zero attached hydrogens (tertiary/aromatic N) is 2. The Bertz CT molecular complexity index is 241. The van der Waals surface area contributed by atoms with Crippen molar-refractivity contribution in [3.05, 3.63) is 24.0 Å². The van der Waals surface area contributed by atoms with Crippen molar-refractivity contribution in [2.45, 2.75) is 56.4 Å². The van der Waals surface area contributed by atoms with Crippen molar-refractivity contribution in [2.24, 2.45) is 0 Å². The number of hydrogen-bond acceptors (Lipinski definition) is 3. The molecule has 0 radical (unpaired) electrons. The van der Waals surface area contributed by atoms with Crippen LogP contribution in [0.1, 0.15) is 56.4 Å². The second kappa shape index (κ2) is 19.0. The van der Waals surface area contributed by atoms with Gasteiger partial charge in [-0.3, -0.25) is 0 Å². The monoisotopic (exact) mass is 301 g/mol. The summed E-state index contributed by atoms with van der Waals surface area (Å²) in [4.78, 5) is 4.57. The predicted octanol–water partition coefficient (Wildman–Crippen LogP) is 4.59. The van der Waals surface area contributed by atoms with Gasteiger partial charge >= 0.3 is 0 Å². The molecule has 1 heterocycles. The minimum Gasteiger partial charge on any atom is -0.378 e. The molecule has 1 N–H and O–H groups in total. The van der Waals surface area contributed by atoms with E-state index in [0.717, 1.165) is 38.4 Å². The zero-order valence-corrected chi connectivity index (χ0v) is 14.2. The lowest BCUT2D eigenvalue weighted by Crippen LogP contribution is -2.42. The van der Waals surface area contributed by atoms with Gasteiger partial charge in [-0.2, -0.15) is 0 Å². The van der Waals surface area contributed by atoms with E-state index in [0.29, 0.717) is 0 Å². The number of hydrogen-bond donors (Lipinski definition) is 1. The fourth-order valence-electron chi connectivity index (χ4n) is 1.64. The van der Waals surface area contributed by atoms with Gasteiger partial charge < -0.3 is 15.1 Å². The van der Waals surface area contributed by atoms with Crippen LogP contribution in [0, 0.1) is 0 Å². The van der Waals surface area contributed by atoms with Crippen LogP contribution in [0.5, 0.6) is 0 Å². The Morgan fingerprint density at radius 3 is 1.95 bits per heavy atom. The highest BCUT2D eigenvalue weighted by Crippen LogP contribution is 2.09. The molecule has 3 nitrogen and oxygen atoms in total. The maximum atomic E-state index is 4.13. The van der Waals surface area contributed by atoms with E-state index >= 15 is 0 Å². The van der Waals surface area contributed by atoms with E-state index in [1.807, 2.05) is 27.7 Å². The molecule has 0 unspecified atom stereocenters. The van der Waals surface area contributed by atoms with Crippen molar-refractivity contribution in [2.75, 3.05) is 39.8 Å². The third-order valence-corrected chi connectivity index (χ3v) is 2.98. The second-order valence-electron chi connectivity index (χ2n) is 4.03. The molecule has 1 aliphatic heterocycles. The molecule has 1 fully saturated rings. The summed E-state index contributed by atoms with van der Waals surface area (Å²) < 4.78 is 0. The Morgan fingerprint density at radius 1 is 1.14 bits per heavy atom. The first-order chi connectivity index (χ1) is 9.15. The highest BCUT2D eigenvalue weighted by Gasteiger charge is 2.09. The minimum absolute atomic E-state index is 0. The third kappa shape index (κ3) is 12.5. The lowest BCUT2D eigenvalue weighted by molar-refractivity contribution is 0.306. The summed E-state index contributed by atoms with van der Waals surface area (Å²) in [5, 5.41) is 3.34. The molecule has 0 aliphatic carbocycles. The van der Waals surface area contributed by atoms with E-state index in [2.05, 4.69) is 48.7 Å². The molecule has 130 valence electrons. The predicted molar refractivity (Wildman–Crippen MR) is 102 cm³/mol. The van der Waals surface area contributed by atoms with E-state index in [1.165, 1.54) is 5.70 Å². The zero-order chi connectivity index (χ0) is 15.3. The standard InChI is InChI=1S/C12H23N3.2C2H6.2CH4/c1-5-14(4)11(2)10-12(3)15-8-6-13-7-9-15;2*1-2;;/h10,13H,3,5-9H2,1-2,4H3;2*1-2H3;2*1H4/b11-10-;;;;. The first kappa shape index (κ1) is 28.2. The van der Waals surface area contributed by atoms with Crippen molar-refractivity contribution in [1.82, 2.24) is 15.1 Å². The molecule has 0 atom stereocenters. The van der Waals surface area contributed by atoms with E-state index in [9.17, 15) is 0 Å². The molecular weight excluding hydrogens is 258 g/mol. The molecule has 1 rings (SSSR count). The molecule has 0 aromatic heterocycles. The van der Waals surface area contributed by atoms with Gasteiger partial charge in [-0.05, 0) is 19.9 Å². The molecule has 0 saturated carbocycles. The summed E-state index contributed by atoms with van der Waals surface area (Å²) in [6, 6.07) is 0. The lowest BCUT2D eigenvalue weighted by Gasteiger charge is -2.30. The van der Waals surface area contributed by atoms with Gasteiger partial charge in [0, 0.05) is 51.2 Å². The van der Waals surface area contributed by atoms with Gasteiger partial charge in [0.15, 0.2) is 0 Å². The number of allylic oxidation sites excluding steroid dienone is 2. The summed E-state index contributed by atoms with van der Waals surface area (Å²) in [7, 11) is 2.11. The Kier molecular flexibility index (Phi) is 25.6. The van der Waals surface area contributed by atoms with Gasteiger partial charge in [-0.25, -0.2) is 0 Å². The summed E-state index contributed by atoms with van der Waals surface area (Å²) in [5.74, 6) is 0. The Hall–Kier alpha value is -0.960. The first-order valence-corrected chi connectivity index (χ1v) is 7.69. The van der Waals surface area contributed by atoms with Crippen LogP contribution in [-0.2, 0) is 0 Å². The topological polar surface area (TPSA) is 18.5 Å². The normalized spacial score (nSPS) is 13.3. The minimum atomic E-state index is 0. The SMILES string of the molecule is C.C.C=C(/C=C(/C)N(C)CC)N1CCNCC1.CC.CC. The van der Waals surface area contributed by atoms with Gasteiger partial charge in [0.25, 0.3) is 0 Å². The average molecular weight is 302 g/mol. The average Bonchev–Trinajstić information content (AvgIpc) is 2.51. The maximum absolute atomic E-state index is 4.13. The van der Waals surface area contributed by atoms with Crippen molar-refractivity contribution in [3.8, 4) is 0 Å². The van der Waals surface area contributed by atoms with Crippen LogP contribution in [0.25, 0.3) is 0 Å². The Balaban J connectivity index is -0.000000221. The van der Waals surface area contributed by atoms with E-state index in [1.54, 1.807) is 0 Å². The van der Waals surface area contributed by atoms with E-state index < -0.39 is 0 Å². The third-order valence-electron chi connectivity index (χ3n) is 2.98. The zero-order valence-electron chi connectivity index (χ0n) is 14.2. The van der Waals surface area contributed by atoms with Gasteiger partial charge in [-0.1, -0.05) is 49.1 Å². The summed E-state index contributed by atoms with van der Waals surface area (Å²) in [6.07, 6.45) is 2.18. The van der Waals surface area contributed by atoms with E-state index in [-0.39, 0.29) is 14.9 Å². The van der Waals surface area contributed by atoms with Crippen LogP contribution in [-0.4, -0.2) is 49.6 Å². The molecule has 3 heteroatoms. The smallest absolute Gasteiger partial charge is 0.0311 e. The Morgan fingerprint density at radius 2 is 1.57 bits per heavy atom. The van der Waals surface area contributed by atoms with Crippen LogP contribution in [0.4, 0.5) is 0 Å². The fraction of sp³-hybridized carbons (Fsp3) is 0.778. The molecule has 21 heavy (non-hydrogen) atoms. The molecule has 1 aliphatic rings. The second-order valence-corrected chi connectivity index (χ2v) is 4.03. The van der Waals surface area contributed by atoms with Crippen LogP contribution >= 0.6 is 0 Å². The summed E-state index contributed by atoms with van der Waals surface area (Å²) in [5.41, 5.74) is 2.41. The molecule has 0 aromatic rings. The first-order valence-electron chi connectivity index (χ1n) is 7.69. The van der Waals surface area contributed by atoms with Crippen molar-refractivity contribution in [1.29, 1.82) is 0 Å². The number of piperazine rings is 1. The molecule has 0 aromatic carbocycles.